The van der Waals surface area contributed by atoms with E-state index < -0.39 is 0 Å². The molecule has 2 rings (SSSR count). The van der Waals surface area contributed by atoms with Gasteiger partial charge < -0.3 is 5.32 Å². The highest BCUT2D eigenvalue weighted by molar-refractivity contribution is 5.05. The van der Waals surface area contributed by atoms with Gasteiger partial charge in [-0.1, -0.05) is 18.1 Å². The van der Waals surface area contributed by atoms with Gasteiger partial charge in [0.25, 0.3) is 0 Å². The van der Waals surface area contributed by atoms with Gasteiger partial charge in [-0.3, -0.25) is 4.90 Å². The van der Waals surface area contributed by atoms with Crippen LogP contribution in [0.2, 0.25) is 0 Å². The maximum atomic E-state index is 3.69. The zero-order valence-electron chi connectivity index (χ0n) is 10.2. The van der Waals surface area contributed by atoms with Crippen LogP contribution in [0, 0.1) is 0 Å². The van der Waals surface area contributed by atoms with Crippen molar-refractivity contribution in [2.45, 2.75) is 45.1 Å². The molecular weight excluding hydrogens is 184 g/mol. The summed E-state index contributed by atoms with van der Waals surface area (Å²) in [5.41, 5.74) is 1.94. The Hall–Kier alpha value is -0.340. The molecule has 0 bridgehead atoms. The number of hydrogen-bond acceptors (Lipinski definition) is 2. The maximum Gasteiger partial charge on any atom is 0.0280 e. The van der Waals surface area contributed by atoms with E-state index >= 15 is 0 Å². The van der Waals surface area contributed by atoms with Crippen molar-refractivity contribution in [2.24, 2.45) is 0 Å². The van der Waals surface area contributed by atoms with Crippen LogP contribution in [-0.2, 0) is 0 Å². The summed E-state index contributed by atoms with van der Waals surface area (Å²) in [5, 5.41) is 3.69. The Balaban J connectivity index is 1.85. The second-order valence-electron chi connectivity index (χ2n) is 5.48. The number of nitrogens with one attached hydrogen (secondary N) is 1. The lowest BCUT2D eigenvalue weighted by Gasteiger charge is -2.40. The Kier molecular flexibility index (Phi) is 3.47. The highest BCUT2D eigenvalue weighted by atomic mass is 15.2. The van der Waals surface area contributed by atoms with Gasteiger partial charge in [-0.05, 0) is 39.7 Å². The molecule has 0 aromatic heterocycles. The van der Waals surface area contributed by atoms with Crippen LogP contribution in [0.15, 0.2) is 11.6 Å². The lowest BCUT2D eigenvalue weighted by atomic mass is 9.90. The van der Waals surface area contributed by atoms with Crippen LogP contribution in [0.4, 0.5) is 0 Å². The van der Waals surface area contributed by atoms with E-state index in [1.54, 1.807) is 5.57 Å². The van der Waals surface area contributed by atoms with E-state index in [4.69, 9.17) is 0 Å². The van der Waals surface area contributed by atoms with E-state index in [9.17, 15) is 0 Å². The van der Waals surface area contributed by atoms with E-state index in [1.165, 1.54) is 45.3 Å². The maximum absolute atomic E-state index is 3.69. The van der Waals surface area contributed by atoms with Crippen LogP contribution in [-0.4, -0.2) is 36.6 Å². The topological polar surface area (TPSA) is 15.3 Å². The first-order valence-electron chi connectivity index (χ1n) is 6.31. The molecule has 1 unspecified atom stereocenters. The highest BCUT2D eigenvalue weighted by Crippen LogP contribution is 2.21. The zero-order valence-corrected chi connectivity index (χ0v) is 10.2. The van der Waals surface area contributed by atoms with Gasteiger partial charge in [0.05, 0.1) is 0 Å². The molecule has 86 valence electrons. The van der Waals surface area contributed by atoms with Crippen LogP contribution in [0.3, 0.4) is 0 Å². The van der Waals surface area contributed by atoms with Crippen molar-refractivity contribution >= 4 is 0 Å². The predicted octanol–water partition coefficient (Wildman–Crippen LogP) is 2.17. The molecule has 2 aliphatic heterocycles. The normalized spacial score (nSPS) is 33.9. The minimum absolute atomic E-state index is 0.372. The molecule has 1 N–H and O–H groups in total. The summed E-state index contributed by atoms with van der Waals surface area (Å²) in [5.74, 6) is 0. The standard InChI is InChI=1S/C13H24N2/c1-12-5-9-15(10-6-12)11-13(2)7-3-4-8-14-13/h5,14H,3-4,6-11H2,1-2H3. The van der Waals surface area contributed by atoms with Crippen molar-refractivity contribution < 1.29 is 0 Å². The molecule has 0 aromatic carbocycles. The fourth-order valence-electron chi connectivity index (χ4n) is 2.70. The predicted molar refractivity (Wildman–Crippen MR) is 65.1 cm³/mol. The first-order valence-corrected chi connectivity index (χ1v) is 6.31. The van der Waals surface area contributed by atoms with Crippen molar-refractivity contribution in [1.29, 1.82) is 0 Å². The number of rotatable bonds is 2. The number of nitrogens with zero attached hydrogens (tertiary/aromatic N) is 1. The van der Waals surface area contributed by atoms with E-state index in [1.807, 2.05) is 0 Å². The molecule has 0 aliphatic carbocycles. The van der Waals surface area contributed by atoms with Crippen molar-refractivity contribution in [2.75, 3.05) is 26.2 Å². The van der Waals surface area contributed by atoms with Crippen molar-refractivity contribution in [3.63, 3.8) is 0 Å². The Morgan fingerprint density at radius 2 is 2.33 bits per heavy atom. The quantitative estimate of drug-likeness (QED) is 0.700. The highest BCUT2D eigenvalue weighted by Gasteiger charge is 2.28. The largest absolute Gasteiger partial charge is 0.310 e. The molecule has 0 amide bonds. The molecule has 1 saturated heterocycles. The lowest BCUT2D eigenvalue weighted by molar-refractivity contribution is 0.171. The second kappa shape index (κ2) is 4.67. The summed E-state index contributed by atoms with van der Waals surface area (Å²) in [7, 11) is 0. The molecule has 0 spiro atoms. The molecule has 1 atom stereocenters. The molecule has 1 fully saturated rings. The smallest absolute Gasteiger partial charge is 0.0280 e. The first kappa shape index (κ1) is 11.2. The van der Waals surface area contributed by atoms with Gasteiger partial charge in [0.1, 0.15) is 0 Å². The molecule has 0 aromatic rings. The Bertz CT molecular complexity index is 239. The monoisotopic (exact) mass is 208 g/mol. The summed E-state index contributed by atoms with van der Waals surface area (Å²) in [4.78, 5) is 2.59. The van der Waals surface area contributed by atoms with Gasteiger partial charge in [-0.15, -0.1) is 0 Å². The van der Waals surface area contributed by atoms with Crippen LogP contribution in [0.1, 0.15) is 39.5 Å². The molecule has 2 heterocycles. The fraction of sp³-hybridized carbons (Fsp3) is 0.846. The van der Waals surface area contributed by atoms with Gasteiger partial charge in [0.15, 0.2) is 0 Å². The summed E-state index contributed by atoms with van der Waals surface area (Å²) in [6.07, 6.45) is 7.73. The summed E-state index contributed by atoms with van der Waals surface area (Å²) in [6.45, 7) is 9.47. The van der Waals surface area contributed by atoms with Crippen LogP contribution in [0.5, 0.6) is 0 Å². The van der Waals surface area contributed by atoms with Crippen LogP contribution >= 0.6 is 0 Å². The molecule has 0 radical (unpaired) electrons. The summed E-state index contributed by atoms with van der Waals surface area (Å²) >= 11 is 0. The Morgan fingerprint density at radius 1 is 1.47 bits per heavy atom. The van der Waals surface area contributed by atoms with E-state index in [0.717, 1.165) is 6.54 Å². The third kappa shape index (κ3) is 3.05. The van der Waals surface area contributed by atoms with Gasteiger partial charge in [0, 0.05) is 25.2 Å². The molecule has 0 saturated carbocycles. The number of hydrogen-bond donors (Lipinski definition) is 1. The zero-order chi connectivity index (χ0) is 10.7. The lowest BCUT2D eigenvalue weighted by Crippen LogP contribution is -2.54. The molecule has 2 nitrogen and oxygen atoms in total. The molecule has 2 aliphatic rings. The van der Waals surface area contributed by atoms with Gasteiger partial charge in [0.2, 0.25) is 0 Å². The fourth-order valence-corrected chi connectivity index (χ4v) is 2.70. The van der Waals surface area contributed by atoms with Gasteiger partial charge >= 0.3 is 0 Å². The average molecular weight is 208 g/mol. The third-order valence-corrected chi connectivity index (χ3v) is 3.80. The van der Waals surface area contributed by atoms with Crippen molar-refractivity contribution in [1.82, 2.24) is 10.2 Å². The third-order valence-electron chi connectivity index (χ3n) is 3.80. The van der Waals surface area contributed by atoms with Crippen molar-refractivity contribution in [3.8, 4) is 0 Å². The molecular formula is C13H24N2. The average Bonchev–Trinajstić information content (AvgIpc) is 2.22. The van der Waals surface area contributed by atoms with E-state index in [0.29, 0.717) is 5.54 Å². The van der Waals surface area contributed by atoms with Crippen LogP contribution in [0.25, 0.3) is 0 Å². The summed E-state index contributed by atoms with van der Waals surface area (Å²) in [6, 6.07) is 0. The first-order chi connectivity index (χ1) is 7.18. The van der Waals surface area contributed by atoms with Gasteiger partial charge in [-0.2, -0.15) is 0 Å². The van der Waals surface area contributed by atoms with E-state index in [-0.39, 0.29) is 0 Å². The summed E-state index contributed by atoms with van der Waals surface area (Å²) < 4.78 is 0. The molecule has 15 heavy (non-hydrogen) atoms. The Morgan fingerprint density at radius 3 is 2.93 bits per heavy atom. The minimum Gasteiger partial charge on any atom is -0.310 e. The number of piperidine rings is 1. The second-order valence-corrected chi connectivity index (χ2v) is 5.48. The van der Waals surface area contributed by atoms with Crippen molar-refractivity contribution in [3.05, 3.63) is 11.6 Å². The molecule has 2 heteroatoms. The van der Waals surface area contributed by atoms with Gasteiger partial charge in [-0.25, -0.2) is 0 Å². The minimum atomic E-state index is 0.372. The van der Waals surface area contributed by atoms with Crippen LogP contribution < -0.4 is 5.32 Å². The SMILES string of the molecule is CC1=CCN(CC2(C)CCCCN2)CC1. The Labute approximate surface area is 93.7 Å². The van der Waals surface area contributed by atoms with E-state index in [2.05, 4.69) is 30.1 Å².